The molecule has 0 aliphatic heterocycles. The fourth-order valence-corrected chi connectivity index (χ4v) is 0.957. The Hall–Kier alpha value is 0.722. The molecule has 0 unspecified atom stereocenters. The van der Waals surface area contributed by atoms with E-state index in [-0.39, 0.29) is 99.5 Å². The van der Waals surface area contributed by atoms with Crippen molar-refractivity contribution in [1.29, 1.82) is 0 Å². The Kier molecular flexibility index (Phi) is 24.0. The molecular weight excluding hydrogens is 529 g/mol. The maximum atomic E-state index is 10.8. The van der Waals surface area contributed by atoms with Crippen molar-refractivity contribution in [3.63, 3.8) is 0 Å². The summed E-state index contributed by atoms with van der Waals surface area (Å²) in [5.74, 6) is -2.90. The number of carbonyl (C=O) groups excluding carboxylic acids is 4. The van der Waals surface area contributed by atoms with E-state index in [4.69, 9.17) is 0 Å². The molecule has 0 aliphatic rings. The van der Waals surface area contributed by atoms with E-state index in [1.807, 2.05) is 0 Å². The summed E-state index contributed by atoms with van der Waals surface area (Å²) in [6.07, 6.45) is 0. The molecule has 0 bridgehead atoms. The number of carbonyl (C=O) groups is 4. The van der Waals surface area contributed by atoms with Crippen LogP contribution in [0.3, 0.4) is 0 Å². The first-order valence-electron chi connectivity index (χ1n) is 5.50. The van der Waals surface area contributed by atoms with Gasteiger partial charge in [0.15, 0.2) is 0 Å². The van der Waals surface area contributed by atoms with E-state index in [0.717, 1.165) is 27.7 Å². The Labute approximate surface area is 198 Å². The first kappa shape index (κ1) is 31.5. The monoisotopic (exact) mass is 546 g/mol. The zero-order chi connectivity index (χ0) is 15.7. The van der Waals surface area contributed by atoms with Gasteiger partial charge >= 0.3 is 23.9 Å². The van der Waals surface area contributed by atoms with Gasteiger partial charge < -0.3 is 19.4 Å². The van der Waals surface area contributed by atoms with Crippen LogP contribution in [-0.4, -0.2) is 134 Å². The Bertz CT molecular complexity index is 331. The number of nitrogens with zero attached hydrogens (tertiary/aromatic N) is 2. The molecule has 0 atom stereocenters. The summed E-state index contributed by atoms with van der Waals surface area (Å²) in [6.45, 7) is 3.97. The average Bonchev–Trinajstić information content (AvgIpc) is 2.22. The first-order chi connectivity index (χ1) is 9.20. The van der Waals surface area contributed by atoms with Gasteiger partial charge in [-0.05, 0) is 0 Å². The van der Waals surface area contributed by atoms with Crippen molar-refractivity contribution in [3.8, 4) is 0 Å². The molecule has 0 aromatic rings. The van der Waals surface area contributed by atoms with E-state index < -0.39 is 23.9 Å². The van der Waals surface area contributed by atoms with Crippen molar-refractivity contribution in [3.05, 3.63) is 0 Å². The van der Waals surface area contributed by atoms with E-state index in [1.165, 1.54) is 0 Å². The molecule has 0 amide bonds. The predicted octanol–water partition coefficient (Wildman–Crippen LogP) is -1.64. The molecule has 6 radical (unpaired) electrons. The first-order valence-corrected chi connectivity index (χ1v) is 5.50. The van der Waals surface area contributed by atoms with E-state index >= 15 is 0 Å². The SMILES string of the molecule is CC(=O)ON(CCN(OC(C)=O)OC(C)=O)OC(C)=O.[Na].[Na].[Pb]. The fraction of sp³-hybridized carbons (Fsp3) is 0.600. The van der Waals surface area contributed by atoms with E-state index in [2.05, 4.69) is 19.4 Å². The van der Waals surface area contributed by atoms with E-state index in [0.29, 0.717) is 10.5 Å². The Balaban J connectivity index is -0.000000602. The zero-order valence-corrected chi connectivity index (χ0v) is 22.0. The van der Waals surface area contributed by atoms with Gasteiger partial charge in [-0.3, -0.25) is 19.2 Å². The summed E-state index contributed by atoms with van der Waals surface area (Å²) in [6, 6.07) is 0. The minimum atomic E-state index is -0.724. The summed E-state index contributed by atoms with van der Waals surface area (Å²) in [5, 5.41) is 1.15. The topological polar surface area (TPSA) is 112 Å². The molecule has 0 rings (SSSR count). The third-order valence-electron chi connectivity index (χ3n) is 1.39. The van der Waals surface area contributed by atoms with E-state index in [1.54, 1.807) is 0 Å². The summed E-state index contributed by atoms with van der Waals surface area (Å²) in [4.78, 5) is 61.4. The van der Waals surface area contributed by atoms with E-state index in [9.17, 15) is 19.2 Å². The van der Waals surface area contributed by atoms with Crippen LogP contribution < -0.4 is 0 Å². The van der Waals surface area contributed by atoms with Crippen LogP contribution in [-0.2, 0) is 38.5 Å². The Morgan fingerprint density at radius 1 is 0.609 bits per heavy atom. The van der Waals surface area contributed by atoms with Gasteiger partial charge in [0.05, 0.1) is 13.1 Å². The predicted molar refractivity (Wildman–Crippen MR) is 77.7 cm³/mol. The summed E-state index contributed by atoms with van der Waals surface area (Å²) < 4.78 is 0. The molecule has 0 aromatic heterocycles. The molecule has 10 nitrogen and oxygen atoms in total. The normalized spacial score (nSPS) is 8.78. The van der Waals surface area contributed by atoms with Crippen molar-refractivity contribution in [2.45, 2.75) is 27.7 Å². The number of hydroxylamine groups is 4. The van der Waals surface area contributed by atoms with Gasteiger partial charge in [0.25, 0.3) is 0 Å². The average molecular weight is 545 g/mol. The minimum absolute atomic E-state index is 0. The number of hydrogen-bond donors (Lipinski definition) is 0. The van der Waals surface area contributed by atoms with Gasteiger partial charge in [-0.25, -0.2) is 0 Å². The molecule has 0 N–H and O–H groups in total. The fourth-order valence-electron chi connectivity index (χ4n) is 0.957. The summed E-state index contributed by atoms with van der Waals surface area (Å²) >= 11 is 0. The minimum Gasteiger partial charge on any atom is -0.333 e. The van der Waals surface area contributed by atoms with Gasteiger partial charge in [-0.1, -0.05) is 0 Å². The van der Waals surface area contributed by atoms with Crippen LogP contribution >= 0.6 is 0 Å². The molecule has 0 heterocycles. The molecule has 0 fully saturated rings. The van der Waals surface area contributed by atoms with Crippen LogP contribution in [0, 0.1) is 0 Å². The van der Waals surface area contributed by atoms with Gasteiger partial charge in [-0.2, -0.15) is 0 Å². The molecule has 0 aliphatic carbocycles. The molecule has 120 valence electrons. The van der Waals surface area contributed by atoms with Crippen molar-refractivity contribution in [2.75, 3.05) is 13.1 Å². The molecule has 0 saturated carbocycles. The smallest absolute Gasteiger partial charge is 0.326 e. The second kappa shape index (κ2) is 17.5. The van der Waals surface area contributed by atoms with Gasteiger partial charge in [0.2, 0.25) is 0 Å². The quantitative estimate of drug-likeness (QED) is 0.273. The van der Waals surface area contributed by atoms with Crippen LogP contribution in [0.15, 0.2) is 0 Å². The number of rotatable bonds is 7. The molecule has 0 aromatic carbocycles. The van der Waals surface area contributed by atoms with Crippen molar-refractivity contribution >= 4 is 110 Å². The van der Waals surface area contributed by atoms with Crippen LogP contribution in [0.5, 0.6) is 0 Å². The summed E-state index contributed by atoms with van der Waals surface area (Å²) in [5.41, 5.74) is 0. The maximum absolute atomic E-state index is 10.8. The molecule has 13 heteroatoms. The Morgan fingerprint density at radius 2 is 0.783 bits per heavy atom. The third kappa shape index (κ3) is 20.7. The Morgan fingerprint density at radius 3 is 0.913 bits per heavy atom. The van der Waals surface area contributed by atoms with Gasteiger partial charge in [0.1, 0.15) is 0 Å². The largest absolute Gasteiger partial charge is 0.333 e. The molecular formula is C10H16N2Na2O8Pb. The second-order valence-corrected chi connectivity index (χ2v) is 3.44. The zero-order valence-electron chi connectivity index (χ0n) is 14.1. The van der Waals surface area contributed by atoms with Crippen LogP contribution in [0.25, 0.3) is 0 Å². The second-order valence-electron chi connectivity index (χ2n) is 3.44. The standard InChI is InChI=1S/C10H16N2O8.2Na.Pb/c1-7(13)17-11(18-8(2)14)5-6-12(19-9(3)15)20-10(4)16;;;/h5-6H2,1-4H3;;;. The van der Waals surface area contributed by atoms with Crippen molar-refractivity contribution < 1.29 is 38.5 Å². The van der Waals surface area contributed by atoms with Crippen molar-refractivity contribution in [1.82, 2.24) is 10.5 Å². The molecule has 0 saturated heterocycles. The summed E-state index contributed by atoms with van der Waals surface area (Å²) in [7, 11) is 0. The van der Waals surface area contributed by atoms with Crippen molar-refractivity contribution in [2.24, 2.45) is 0 Å². The van der Waals surface area contributed by atoms with Crippen LogP contribution in [0.4, 0.5) is 0 Å². The van der Waals surface area contributed by atoms with Gasteiger partial charge in [-0.15, -0.1) is 0 Å². The maximum Gasteiger partial charge on any atom is 0.326 e. The van der Waals surface area contributed by atoms with Gasteiger partial charge in [0, 0.05) is 125 Å². The molecule has 23 heavy (non-hydrogen) atoms. The van der Waals surface area contributed by atoms with Crippen LogP contribution in [0.2, 0.25) is 0 Å². The third-order valence-corrected chi connectivity index (χ3v) is 1.39. The molecule has 0 spiro atoms. The number of hydrogen-bond acceptors (Lipinski definition) is 10. The van der Waals surface area contributed by atoms with Crippen LogP contribution in [0.1, 0.15) is 27.7 Å².